The molecular formula is C51H48N8O5. The van der Waals surface area contributed by atoms with Crippen LogP contribution in [0.15, 0.2) is 162 Å². The molecule has 3 amide bonds. The van der Waals surface area contributed by atoms with E-state index in [4.69, 9.17) is 10.2 Å². The van der Waals surface area contributed by atoms with E-state index in [1.807, 2.05) is 134 Å². The van der Waals surface area contributed by atoms with E-state index in [1.54, 1.807) is 34.7 Å². The van der Waals surface area contributed by atoms with Gasteiger partial charge in [0.05, 0.1) is 53.2 Å². The van der Waals surface area contributed by atoms with Gasteiger partial charge in [-0.15, -0.1) is 5.10 Å². The van der Waals surface area contributed by atoms with Crippen molar-refractivity contribution < 1.29 is 24.6 Å². The molecule has 0 spiro atoms. The van der Waals surface area contributed by atoms with Gasteiger partial charge in [-0.2, -0.15) is 10.2 Å². The number of hydrogen-bond acceptors (Lipinski definition) is 9. The Labute approximate surface area is 371 Å². The fourth-order valence-electron chi connectivity index (χ4n) is 8.62. The van der Waals surface area contributed by atoms with Gasteiger partial charge in [-0.3, -0.25) is 19.1 Å². The summed E-state index contributed by atoms with van der Waals surface area (Å²) in [5, 5.41) is 43.8. The van der Waals surface area contributed by atoms with Crippen molar-refractivity contribution in [2.75, 3.05) is 21.5 Å². The Morgan fingerprint density at radius 3 is 1.91 bits per heavy atom. The molecule has 4 heterocycles. The number of aryl methyl sites for hydroxylation is 1. The second-order valence-electron chi connectivity index (χ2n) is 16.3. The molecule has 3 atom stereocenters. The highest BCUT2D eigenvalue weighted by Gasteiger charge is 2.53. The van der Waals surface area contributed by atoms with Gasteiger partial charge in [0.2, 0.25) is 11.8 Å². The lowest BCUT2D eigenvalue weighted by molar-refractivity contribution is -0.139. The highest BCUT2D eigenvalue weighted by Crippen LogP contribution is 2.47. The van der Waals surface area contributed by atoms with Crippen LogP contribution in [0.1, 0.15) is 78.5 Å². The summed E-state index contributed by atoms with van der Waals surface area (Å²) in [7, 11) is 0. The number of hydrazone groups is 2. The molecule has 1 aromatic heterocycles. The molecule has 322 valence electrons. The number of anilines is 3. The maximum Gasteiger partial charge on any atom is 0.264 e. The smallest absolute Gasteiger partial charge is 0.264 e. The Hall–Kier alpha value is -7.35. The topological polar surface area (TPSA) is 157 Å². The van der Waals surface area contributed by atoms with Gasteiger partial charge in [0.1, 0.15) is 0 Å². The number of carbonyl (C=O) groups is 3. The fraction of sp³-hybridized carbons (Fsp3) is 0.235. The molecule has 0 radical (unpaired) electrons. The Morgan fingerprint density at radius 2 is 1.30 bits per heavy atom. The first-order valence-electron chi connectivity index (χ1n) is 21.6. The average Bonchev–Trinajstić information content (AvgIpc) is 3.89. The second kappa shape index (κ2) is 18.2. The molecule has 0 fully saturated rings. The number of carbonyl (C=O) groups excluding carboxylic acids is 3. The molecular weight excluding hydrogens is 805 g/mol. The molecule has 9 rings (SSSR count). The van der Waals surface area contributed by atoms with E-state index in [0.717, 1.165) is 33.7 Å². The number of hydrogen-bond donors (Lipinski definition) is 2. The molecule has 13 heteroatoms. The van der Waals surface area contributed by atoms with E-state index in [9.17, 15) is 24.6 Å². The molecule has 1 unspecified atom stereocenters. The molecule has 3 aliphatic rings. The number of amides is 3. The number of benzene rings is 5. The van der Waals surface area contributed by atoms with E-state index < -0.39 is 17.4 Å². The summed E-state index contributed by atoms with van der Waals surface area (Å²) in [5.41, 5.74) is 5.86. The summed E-state index contributed by atoms with van der Waals surface area (Å²) in [6.45, 7) is 2.33. The number of aromatic nitrogens is 3. The normalized spacial score (nSPS) is 18.6. The second-order valence-corrected chi connectivity index (χ2v) is 16.3. The number of rotatable bonds is 14. The van der Waals surface area contributed by atoms with Crippen LogP contribution in [-0.4, -0.2) is 61.0 Å². The summed E-state index contributed by atoms with van der Waals surface area (Å²) >= 11 is 0. The Morgan fingerprint density at radius 1 is 0.719 bits per heavy atom. The van der Waals surface area contributed by atoms with Crippen LogP contribution in [0.2, 0.25) is 0 Å². The summed E-state index contributed by atoms with van der Waals surface area (Å²) in [6.07, 6.45) is 7.77. The number of allylic oxidation sites excluding steroid dienone is 1. The van der Waals surface area contributed by atoms with Crippen molar-refractivity contribution in [3.63, 3.8) is 0 Å². The van der Waals surface area contributed by atoms with Crippen LogP contribution < -0.4 is 14.9 Å². The van der Waals surface area contributed by atoms with Gasteiger partial charge in [-0.1, -0.05) is 127 Å². The van der Waals surface area contributed by atoms with Gasteiger partial charge >= 0.3 is 0 Å². The largest absolute Gasteiger partial charge is 0.395 e. The molecule has 5 aromatic carbocycles. The first kappa shape index (κ1) is 42.0. The standard InChI is InChI=1S/C51H48N8O5/c1-35(13-11-12-30-56-33-46(52-55-56)42(34-60)37-14-5-2-6-15-37)51(64)43-31-41(59-49(62)29-26-45(54-59)39-18-9-4-10-19-39)24-27-47(43)57(50(51)63)32-36-20-22-40(23-21-36)58-48(61)28-25-44(53-58)38-16-7-3-8-17-38/h2-11,13-24,27,31,33,35,42,60,64H,12,25-26,28-30,32,34H2,1H3/b13-11+/t35-,42?,51+/m0/s1. The van der Waals surface area contributed by atoms with E-state index in [1.165, 1.54) is 10.0 Å². The van der Waals surface area contributed by atoms with Gasteiger partial charge < -0.3 is 15.1 Å². The Kier molecular flexibility index (Phi) is 11.9. The molecule has 0 bridgehead atoms. The lowest BCUT2D eigenvalue weighted by Crippen LogP contribution is -2.44. The van der Waals surface area contributed by atoms with E-state index in [-0.39, 0.29) is 37.3 Å². The third kappa shape index (κ3) is 8.30. The van der Waals surface area contributed by atoms with Crippen molar-refractivity contribution in [2.24, 2.45) is 16.1 Å². The van der Waals surface area contributed by atoms with Gasteiger partial charge in [0, 0.05) is 49.9 Å². The molecule has 0 aliphatic carbocycles. The minimum atomic E-state index is -1.99. The fourth-order valence-corrected chi connectivity index (χ4v) is 8.62. The average molecular weight is 853 g/mol. The zero-order valence-corrected chi connectivity index (χ0v) is 35.4. The van der Waals surface area contributed by atoms with Gasteiger partial charge in [-0.05, 0) is 59.0 Å². The summed E-state index contributed by atoms with van der Waals surface area (Å²) < 4.78 is 1.72. The van der Waals surface area contributed by atoms with Crippen LogP contribution in [0.5, 0.6) is 0 Å². The van der Waals surface area contributed by atoms with Crippen molar-refractivity contribution >= 4 is 46.2 Å². The van der Waals surface area contributed by atoms with Crippen LogP contribution >= 0.6 is 0 Å². The highest BCUT2D eigenvalue weighted by atomic mass is 16.3. The molecule has 3 aliphatic heterocycles. The lowest BCUT2D eigenvalue weighted by atomic mass is 9.82. The lowest BCUT2D eigenvalue weighted by Gasteiger charge is -2.28. The Balaban J connectivity index is 0.981. The Bertz CT molecular complexity index is 2750. The monoisotopic (exact) mass is 852 g/mol. The maximum absolute atomic E-state index is 14.7. The molecule has 13 nitrogen and oxygen atoms in total. The van der Waals surface area contributed by atoms with Crippen LogP contribution in [-0.2, 0) is 33.1 Å². The molecule has 0 saturated carbocycles. The van der Waals surface area contributed by atoms with E-state index in [0.29, 0.717) is 60.5 Å². The predicted octanol–water partition coefficient (Wildman–Crippen LogP) is 7.48. The molecule has 6 aromatic rings. The van der Waals surface area contributed by atoms with E-state index in [2.05, 4.69) is 10.3 Å². The number of fused-ring (bicyclic) bond motifs is 1. The van der Waals surface area contributed by atoms with E-state index >= 15 is 0 Å². The first-order chi connectivity index (χ1) is 31.2. The van der Waals surface area contributed by atoms with Crippen molar-refractivity contribution in [3.8, 4) is 0 Å². The minimum absolute atomic E-state index is 0.101. The quantitative estimate of drug-likeness (QED) is 0.108. The van der Waals surface area contributed by atoms with Crippen molar-refractivity contribution in [3.05, 3.63) is 185 Å². The molecule has 0 saturated heterocycles. The van der Waals surface area contributed by atoms with Crippen molar-refractivity contribution in [1.29, 1.82) is 0 Å². The van der Waals surface area contributed by atoms with Crippen molar-refractivity contribution in [1.82, 2.24) is 15.0 Å². The predicted molar refractivity (Wildman–Crippen MR) is 246 cm³/mol. The zero-order valence-electron chi connectivity index (χ0n) is 35.4. The highest BCUT2D eigenvalue weighted by molar-refractivity contribution is 6.11. The first-order valence-corrected chi connectivity index (χ1v) is 21.6. The number of nitrogens with zero attached hydrogens (tertiary/aromatic N) is 8. The SMILES string of the molecule is C[C@@H](/C=C/CCn1cc(C(CO)c2ccccc2)nn1)[C@]1(O)C(=O)N(Cc2ccc(N3N=C(c4ccccc4)CCC3=O)cc2)c2ccc(N3N=C(c4ccccc4)CCC3=O)cc21. The third-order valence-corrected chi connectivity index (χ3v) is 12.2. The minimum Gasteiger partial charge on any atom is -0.395 e. The zero-order chi connectivity index (χ0) is 44.2. The summed E-state index contributed by atoms with van der Waals surface area (Å²) in [6, 6.07) is 41.8. The van der Waals surface area contributed by atoms with Crippen LogP contribution in [0, 0.1) is 5.92 Å². The van der Waals surface area contributed by atoms with Gasteiger partial charge in [-0.25, -0.2) is 10.0 Å². The van der Waals surface area contributed by atoms with Crippen molar-refractivity contribution in [2.45, 2.75) is 63.6 Å². The number of aliphatic hydroxyl groups is 2. The molecule has 64 heavy (non-hydrogen) atoms. The van der Waals surface area contributed by atoms with Crippen LogP contribution in [0.25, 0.3) is 0 Å². The maximum atomic E-state index is 14.7. The molecule has 2 N–H and O–H groups in total. The summed E-state index contributed by atoms with van der Waals surface area (Å²) in [4.78, 5) is 42.8. The third-order valence-electron chi connectivity index (χ3n) is 12.2. The number of aliphatic hydroxyl groups excluding tert-OH is 1. The van der Waals surface area contributed by atoms with Gasteiger partial charge in [0.25, 0.3) is 5.91 Å². The van der Waals surface area contributed by atoms with Crippen LogP contribution in [0.4, 0.5) is 17.1 Å². The summed E-state index contributed by atoms with van der Waals surface area (Å²) in [5.74, 6) is -1.77. The van der Waals surface area contributed by atoms with Gasteiger partial charge in [0.15, 0.2) is 5.60 Å². The van der Waals surface area contributed by atoms with Crippen LogP contribution in [0.3, 0.4) is 0 Å².